The molecule has 0 saturated heterocycles. The Kier molecular flexibility index (Phi) is 4.75. The van der Waals surface area contributed by atoms with E-state index in [1.807, 2.05) is 24.3 Å². The van der Waals surface area contributed by atoms with Gasteiger partial charge in [-0.2, -0.15) is 0 Å². The number of benzene rings is 2. The first kappa shape index (κ1) is 15.3. The number of rotatable bonds is 2. The first-order chi connectivity index (χ1) is 11.3. The van der Waals surface area contributed by atoms with E-state index in [4.69, 9.17) is 9.47 Å². The summed E-state index contributed by atoms with van der Waals surface area (Å²) < 4.78 is 10.7. The molecule has 3 nitrogen and oxygen atoms in total. The van der Waals surface area contributed by atoms with Crippen molar-refractivity contribution in [1.82, 2.24) is 0 Å². The highest BCUT2D eigenvalue weighted by Gasteiger charge is 2.17. The molecule has 23 heavy (non-hydrogen) atoms. The monoisotopic (exact) mass is 306 g/mol. The van der Waals surface area contributed by atoms with Crippen LogP contribution < -0.4 is 0 Å². The predicted molar refractivity (Wildman–Crippen MR) is 88.1 cm³/mol. The summed E-state index contributed by atoms with van der Waals surface area (Å²) in [4.78, 5) is 11.6. The number of carbonyl (C=O) groups excluding carboxylic acids is 1. The molecule has 0 aromatic heterocycles. The van der Waals surface area contributed by atoms with Gasteiger partial charge in [-0.3, -0.25) is 0 Å². The second-order valence-corrected chi connectivity index (χ2v) is 5.27. The molecule has 2 aromatic carbocycles. The van der Waals surface area contributed by atoms with E-state index in [2.05, 4.69) is 24.0 Å². The highest BCUT2D eigenvalue weighted by molar-refractivity contribution is 5.89. The van der Waals surface area contributed by atoms with Crippen LogP contribution in [0.3, 0.4) is 0 Å². The Morgan fingerprint density at radius 1 is 1.22 bits per heavy atom. The summed E-state index contributed by atoms with van der Waals surface area (Å²) in [5, 5.41) is 0. The molecule has 1 heterocycles. The lowest BCUT2D eigenvalue weighted by Gasteiger charge is -2.21. The van der Waals surface area contributed by atoms with Gasteiger partial charge in [-0.05, 0) is 48.7 Å². The second-order valence-electron chi connectivity index (χ2n) is 5.27. The lowest BCUT2D eigenvalue weighted by molar-refractivity contribution is 0.0526. The summed E-state index contributed by atoms with van der Waals surface area (Å²) in [5.74, 6) is 6.00. The molecule has 3 rings (SSSR count). The summed E-state index contributed by atoms with van der Waals surface area (Å²) in [6, 6.07) is 15.4. The zero-order valence-electron chi connectivity index (χ0n) is 13.0. The molecule has 0 aliphatic carbocycles. The maximum absolute atomic E-state index is 11.6. The van der Waals surface area contributed by atoms with E-state index in [0.717, 1.165) is 17.5 Å². The van der Waals surface area contributed by atoms with Gasteiger partial charge in [0, 0.05) is 5.56 Å². The third-order valence-electron chi connectivity index (χ3n) is 3.74. The topological polar surface area (TPSA) is 35.5 Å². The van der Waals surface area contributed by atoms with Crippen LogP contribution in [0.4, 0.5) is 0 Å². The van der Waals surface area contributed by atoms with Crippen LogP contribution in [0, 0.1) is 11.8 Å². The highest BCUT2D eigenvalue weighted by Crippen LogP contribution is 2.26. The molecule has 0 spiro atoms. The van der Waals surface area contributed by atoms with Gasteiger partial charge in [0.1, 0.15) is 6.10 Å². The van der Waals surface area contributed by atoms with Gasteiger partial charge in [0.15, 0.2) is 0 Å². The molecule has 2 aromatic rings. The van der Waals surface area contributed by atoms with Gasteiger partial charge in [-0.15, -0.1) is 0 Å². The zero-order valence-corrected chi connectivity index (χ0v) is 13.0. The zero-order chi connectivity index (χ0) is 16.1. The molecule has 0 N–H and O–H groups in total. The molecular weight excluding hydrogens is 288 g/mol. The lowest BCUT2D eigenvalue weighted by atomic mass is 9.98. The number of esters is 1. The average molecular weight is 306 g/mol. The van der Waals surface area contributed by atoms with Crippen LogP contribution in [0.5, 0.6) is 0 Å². The van der Waals surface area contributed by atoms with Gasteiger partial charge < -0.3 is 9.47 Å². The van der Waals surface area contributed by atoms with E-state index in [-0.39, 0.29) is 12.1 Å². The van der Waals surface area contributed by atoms with Crippen LogP contribution >= 0.6 is 0 Å². The fourth-order valence-electron chi connectivity index (χ4n) is 2.57. The van der Waals surface area contributed by atoms with E-state index in [9.17, 15) is 4.79 Å². The predicted octanol–water partition coefficient (Wildman–Crippen LogP) is 3.53. The van der Waals surface area contributed by atoms with Gasteiger partial charge in [0.05, 0.1) is 18.8 Å². The smallest absolute Gasteiger partial charge is 0.338 e. The van der Waals surface area contributed by atoms with Crippen molar-refractivity contribution in [1.29, 1.82) is 0 Å². The summed E-state index contributed by atoms with van der Waals surface area (Å²) in [6.07, 6.45) is 0.743. The maximum Gasteiger partial charge on any atom is 0.338 e. The second kappa shape index (κ2) is 7.13. The normalized spacial score (nSPS) is 16.0. The molecule has 1 aliphatic rings. The fourth-order valence-corrected chi connectivity index (χ4v) is 2.57. The van der Waals surface area contributed by atoms with Gasteiger partial charge in [0.25, 0.3) is 0 Å². The maximum atomic E-state index is 11.6. The number of carbonyl (C=O) groups is 1. The molecule has 0 fully saturated rings. The van der Waals surface area contributed by atoms with Crippen LogP contribution in [-0.4, -0.2) is 19.2 Å². The van der Waals surface area contributed by atoms with Crippen molar-refractivity contribution in [2.75, 3.05) is 13.2 Å². The Labute approximate surface area is 136 Å². The molecule has 116 valence electrons. The molecule has 0 unspecified atom stereocenters. The Hall–Kier alpha value is -2.57. The standard InChI is InChI=1S/C20H18O3/c1-2-22-20(21)17-10-7-15(8-11-17)9-12-19-18-6-4-3-5-16(18)13-14-23-19/h3-8,10-11,19H,2,13-14H2,1H3/t19-/m0/s1. The van der Waals surface area contributed by atoms with Crippen LogP contribution in [0.2, 0.25) is 0 Å². The first-order valence-corrected chi connectivity index (χ1v) is 7.76. The first-order valence-electron chi connectivity index (χ1n) is 7.76. The third-order valence-corrected chi connectivity index (χ3v) is 3.74. The fraction of sp³-hybridized carbons (Fsp3) is 0.250. The van der Waals surface area contributed by atoms with Crippen LogP contribution in [0.25, 0.3) is 0 Å². The number of fused-ring (bicyclic) bond motifs is 1. The molecular formula is C20H18O3. The summed E-state index contributed by atoms with van der Waals surface area (Å²) >= 11 is 0. The van der Waals surface area contributed by atoms with Crippen molar-refractivity contribution < 1.29 is 14.3 Å². The van der Waals surface area contributed by atoms with Gasteiger partial charge in [-0.25, -0.2) is 4.79 Å². The SMILES string of the molecule is CCOC(=O)c1ccc(C#C[C@@H]2OCCc3ccccc32)cc1. The van der Waals surface area contributed by atoms with E-state index in [1.54, 1.807) is 19.1 Å². The van der Waals surface area contributed by atoms with Crippen molar-refractivity contribution in [3.8, 4) is 11.8 Å². The average Bonchev–Trinajstić information content (AvgIpc) is 2.60. The summed E-state index contributed by atoms with van der Waals surface area (Å²) in [5.41, 5.74) is 3.84. The van der Waals surface area contributed by atoms with Crippen molar-refractivity contribution in [3.63, 3.8) is 0 Å². The Balaban J connectivity index is 1.76. The molecule has 0 saturated carbocycles. The molecule has 0 amide bonds. The minimum atomic E-state index is -0.309. The number of ether oxygens (including phenoxy) is 2. The minimum absolute atomic E-state index is 0.190. The number of hydrogen-bond donors (Lipinski definition) is 0. The van der Waals surface area contributed by atoms with Crippen LogP contribution in [0.1, 0.15) is 40.1 Å². The van der Waals surface area contributed by atoms with Gasteiger partial charge >= 0.3 is 5.97 Å². The van der Waals surface area contributed by atoms with Gasteiger partial charge in [0.2, 0.25) is 0 Å². The third kappa shape index (κ3) is 3.61. The van der Waals surface area contributed by atoms with E-state index >= 15 is 0 Å². The largest absolute Gasteiger partial charge is 0.462 e. The molecule has 1 aliphatic heterocycles. The van der Waals surface area contributed by atoms with E-state index in [1.165, 1.54) is 5.56 Å². The van der Waals surface area contributed by atoms with Crippen molar-refractivity contribution >= 4 is 5.97 Å². The minimum Gasteiger partial charge on any atom is -0.462 e. The van der Waals surface area contributed by atoms with Crippen LogP contribution in [0.15, 0.2) is 48.5 Å². The Morgan fingerprint density at radius 3 is 2.78 bits per heavy atom. The quantitative estimate of drug-likeness (QED) is 0.629. The lowest BCUT2D eigenvalue weighted by Crippen LogP contribution is -2.14. The summed E-state index contributed by atoms with van der Waals surface area (Å²) in [6.45, 7) is 2.86. The van der Waals surface area contributed by atoms with Crippen molar-refractivity contribution in [2.45, 2.75) is 19.4 Å². The van der Waals surface area contributed by atoms with Crippen LogP contribution in [-0.2, 0) is 15.9 Å². The van der Waals surface area contributed by atoms with Crippen molar-refractivity contribution in [3.05, 3.63) is 70.8 Å². The van der Waals surface area contributed by atoms with Crippen molar-refractivity contribution in [2.24, 2.45) is 0 Å². The Bertz CT molecular complexity index is 750. The molecule has 0 radical (unpaired) electrons. The van der Waals surface area contributed by atoms with E-state index in [0.29, 0.717) is 18.8 Å². The summed E-state index contributed by atoms with van der Waals surface area (Å²) in [7, 11) is 0. The molecule has 1 atom stereocenters. The highest BCUT2D eigenvalue weighted by atomic mass is 16.5. The van der Waals surface area contributed by atoms with Gasteiger partial charge in [-0.1, -0.05) is 36.1 Å². The molecule has 3 heteroatoms. The number of hydrogen-bond acceptors (Lipinski definition) is 3. The Morgan fingerprint density at radius 2 is 2.00 bits per heavy atom. The van der Waals surface area contributed by atoms with E-state index < -0.39 is 0 Å². The molecule has 0 bridgehead atoms.